The predicted octanol–water partition coefficient (Wildman–Crippen LogP) is 2.73. The molecule has 1 fully saturated rings. The fourth-order valence-corrected chi connectivity index (χ4v) is 3.27. The quantitative estimate of drug-likeness (QED) is 0.889. The highest BCUT2D eigenvalue weighted by Crippen LogP contribution is 2.33. The molecule has 3 nitrogen and oxygen atoms in total. The molecule has 0 spiro atoms. The molecule has 0 aromatic carbocycles. The van der Waals surface area contributed by atoms with Crippen LogP contribution in [0.3, 0.4) is 0 Å². The van der Waals surface area contributed by atoms with Crippen molar-refractivity contribution in [3.8, 4) is 0 Å². The second kappa shape index (κ2) is 5.35. The zero-order valence-electron chi connectivity index (χ0n) is 11.3. The first-order valence-corrected chi connectivity index (χ1v) is 7.47. The van der Waals surface area contributed by atoms with Gasteiger partial charge in [0.15, 0.2) is 0 Å². The van der Waals surface area contributed by atoms with E-state index in [1.54, 1.807) is 0 Å². The van der Waals surface area contributed by atoms with E-state index in [0.29, 0.717) is 5.92 Å². The third-order valence-corrected chi connectivity index (χ3v) is 4.25. The molecule has 3 heteroatoms. The maximum absolute atomic E-state index is 4.92. The standard InChI is InChI=1S/C15H23N3/c1-2-5-13-12-8-9-16-10-14(12)18-15(17-13)11-6-3-4-7-11/h11,16H,2-10H2,1H3. The molecular weight excluding hydrogens is 222 g/mol. The minimum atomic E-state index is 0.632. The summed E-state index contributed by atoms with van der Waals surface area (Å²) in [5.74, 6) is 1.77. The average molecular weight is 245 g/mol. The number of hydrogen-bond acceptors (Lipinski definition) is 3. The van der Waals surface area contributed by atoms with Crippen molar-refractivity contribution in [3.63, 3.8) is 0 Å². The van der Waals surface area contributed by atoms with Crippen LogP contribution in [0.4, 0.5) is 0 Å². The molecule has 18 heavy (non-hydrogen) atoms. The Labute approximate surface area is 109 Å². The van der Waals surface area contributed by atoms with E-state index in [1.807, 2.05) is 0 Å². The minimum Gasteiger partial charge on any atom is -0.311 e. The number of aromatic nitrogens is 2. The van der Waals surface area contributed by atoms with Crippen LogP contribution in [0.5, 0.6) is 0 Å². The Bertz CT molecular complexity index is 422. The largest absolute Gasteiger partial charge is 0.311 e. The average Bonchev–Trinajstić information content (AvgIpc) is 2.93. The monoisotopic (exact) mass is 245 g/mol. The van der Waals surface area contributed by atoms with E-state index in [1.165, 1.54) is 49.1 Å². The van der Waals surface area contributed by atoms with Crippen LogP contribution in [0, 0.1) is 0 Å². The van der Waals surface area contributed by atoms with E-state index < -0.39 is 0 Å². The van der Waals surface area contributed by atoms with Gasteiger partial charge in [0.25, 0.3) is 0 Å². The lowest BCUT2D eigenvalue weighted by Gasteiger charge is -2.21. The fraction of sp³-hybridized carbons (Fsp3) is 0.733. The van der Waals surface area contributed by atoms with E-state index in [9.17, 15) is 0 Å². The van der Waals surface area contributed by atoms with Crippen molar-refractivity contribution >= 4 is 0 Å². The van der Waals surface area contributed by atoms with Crippen LogP contribution in [0.1, 0.15) is 67.7 Å². The van der Waals surface area contributed by atoms with Gasteiger partial charge in [0.2, 0.25) is 0 Å². The lowest BCUT2D eigenvalue weighted by molar-refractivity contribution is 0.584. The molecule has 1 saturated carbocycles. The van der Waals surface area contributed by atoms with Crippen molar-refractivity contribution in [1.82, 2.24) is 15.3 Å². The molecule has 0 radical (unpaired) electrons. The lowest BCUT2D eigenvalue weighted by atomic mass is 9.99. The zero-order valence-corrected chi connectivity index (χ0v) is 11.3. The molecule has 3 rings (SSSR count). The van der Waals surface area contributed by atoms with Crippen LogP contribution in [0.2, 0.25) is 0 Å². The van der Waals surface area contributed by atoms with Crippen molar-refractivity contribution in [1.29, 1.82) is 0 Å². The lowest BCUT2D eigenvalue weighted by Crippen LogP contribution is -2.27. The van der Waals surface area contributed by atoms with Crippen LogP contribution in [-0.2, 0) is 19.4 Å². The van der Waals surface area contributed by atoms with Gasteiger partial charge in [0.1, 0.15) is 5.82 Å². The third kappa shape index (κ3) is 2.28. The van der Waals surface area contributed by atoms with E-state index in [2.05, 4.69) is 12.2 Å². The fourth-order valence-electron chi connectivity index (χ4n) is 3.27. The molecule has 0 unspecified atom stereocenters. The zero-order chi connectivity index (χ0) is 12.4. The van der Waals surface area contributed by atoms with Crippen molar-refractivity contribution in [2.24, 2.45) is 0 Å². The maximum atomic E-state index is 4.92. The topological polar surface area (TPSA) is 37.8 Å². The summed E-state index contributed by atoms with van der Waals surface area (Å²) in [4.78, 5) is 9.78. The first kappa shape index (κ1) is 12.1. The summed E-state index contributed by atoms with van der Waals surface area (Å²) < 4.78 is 0. The van der Waals surface area contributed by atoms with Gasteiger partial charge in [0, 0.05) is 18.2 Å². The van der Waals surface area contributed by atoms with Gasteiger partial charge in [-0.2, -0.15) is 0 Å². The number of rotatable bonds is 3. The van der Waals surface area contributed by atoms with E-state index in [-0.39, 0.29) is 0 Å². The Balaban J connectivity index is 1.97. The van der Waals surface area contributed by atoms with Crippen molar-refractivity contribution in [2.45, 2.75) is 64.3 Å². The predicted molar refractivity (Wildman–Crippen MR) is 72.6 cm³/mol. The van der Waals surface area contributed by atoms with Crippen molar-refractivity contribution < 1.29 is 0 Å². The molecule has 0 bridgehead atoms. The van der Waals surface area contributed by atoms with Gasteiger partial charge in [0.05, 0.1) is 5.69 Å². The van der Waals surface area contributed by atoms with Crippen LogP contribution < -0.4 is 5.32 Å². The van der Waals surface area contributed by atoms with Gasteiger partial charge in [-0.1, -0.05) is 26.2 Å². The summed E-state index contributed by atoms with van der Waals surface area (Å²) >= 11 is 0. The number of fused-ring (bicyclic) bond motifs is 1. The normalized spacial score (nSPS) is 20.1. The molecule has 1 aromatic heterocycles. The SMILES string of the molecule is CCCc1nc(C2CCCC2)nc2c1CCNC2. The highest BCUT2D eigenvalue weighted by molar-refractivity contribution is 5.29. The summed E-state index contributed by atoms with van der Waals surface area (Å²) in [6.07, 6.45) is 8.69. The first-order chi connectivity index (χ1) is 8.88. The van der Waals surface area contributed by atoms with E-state index in [4.69, 9.17) is 9.97 Å². The van der Waals surface area contributed by atoms with Crippen molar-refractivity contribution in [2.75, 3.05) is 6.54 Å². The molecule has 98 valence electrons. The number of aryl methyl sites for hydroxylation is 1. The smallest absolute Gasteiger partial charge is 0.132 e. The first-order valence-electron chi connectivity index (χ1n) is 7.47. The van der Waals surface area contributed by atoms with Gasteiger partial charge in [-0.05, 0) is 37.8 Å². The van der Waals surface area contributed by atoms with E-state index in [0.717, 1.165) is 31.8 Å². The summed E-state index contributed by atoms with van der Waals surface area (Å²) in [6, 6.07) is 0. The number of nitrogens with zero attached hydrogens (tertiary/aromatic N) is 2. The van der Waals surface area contributed by atoms with Gasteiger partial charge >= 0.3 is 0 Å². The molecule has 0 atom stereocenters. The van der Waals surface area contributed by atoms with Crippen LogP contribution >= 0.6 is 0 Å². The Morgan fingerprint density at radius 2 is 2.06 bits per heavy atom. The molecule has 1 aliphatic heterocycles. The molecular formula is C15H23N3. The summed E-state index contributed by atoms with van der Waals surface area (Å²) in [7, 11) is 0. The Hall–Kier alpha value is -0.960. The van der Waals surface area contributed by atoms with Crippen LogP contribution in [0.25, 0.3) is 0 Å². The molecule has 1 N–H and O–H groups in total. The Morgan fingerprint density at radius 1 is 1.22 bits per heavy atom. The van der Waals surface area contributed by atoms with Crippen LogP contribution in [-0.4, -0.2) is 16.5 Å². The molecule has 0 saturated heterocycles. The molecule has 1 aromatic rings. The molecule has 2 aliphatic rings. The second-order valence-electron chi connectivity index (χ2n) is 5.61. The number of hydrogen-bond donors (Lipinski definition) is 1. The minimum absolute atomic E-state index is 0.632. The summed E-state index contributed by atoms with van der Waals surface area (Å²) in [6.45, 7) is 4.26. The maximum Gasteiger partial charge on any atom is 0.132 e. The summed E-state index contributed by atoms with van der Waals surface area (Å²) in [5.41, 5.74) is 4.06. The van der Waals surface area contributed by atoms with Crippen molar-refractivity contribution in [3.05, 3.63) is 22.8 Å². The molecule has 0 amide bonds. The Morgan fingerprint density at radius 3 is 2.83 bits per heavy atom. The highest BCUT2D eigenvalue weighted by Gasteiger charge is 2.23. The highest BCUT2D eigenvalue weighted by atomic mass is 15.0. The molecule has 2 heterocycles. The van der Waals surface area contributed by atoms with Gasteiger partial charge in [-0.25, -0.2) is 9.97 Å². The summed E-state index contributed by atoms with van der Waals surface area (Å²) in [5, 5.41) is 3.44. The second-order valence-corrected chi connectivity index (χ2v) is 5.61. The number of nitrogens with one attached hydrogen (secondary N) is 1. The van der Waals surface area contributed by atoms with Gasteiger partial charge < -0.3 is 5.32 Å². The van der Waals surface area contributed by atoms with Gasteiger partial charge in [-0.3, -0.25) is 0 Å². The van der Waals surface area contributed by atoms with E-state index >= 15 is 0 Å². The third-order valence-electron chi connectivity index (χ3n) is 4.25. The Kier molecular flexibility index (Phi) is 3.59. The van der Waals surface area contributed by atoms with Gasteiger partial charge in [-0.15, -0.1) is 0 Å². The van der Waals surface area contributed by atoms with Crippen LogP contribution in [0.15, 0.2) is 0 Å². The molecule has 1 aliphatic carbocycles.